The highest BCUT2D eigenvalue weighted by Gasteiger charge is 1.97. The normalized spacial score (nSPS) is 9.30. The molecule has 0 spiro atoms. The lowest BCUT2D eigenvalue weighted by Gasteiger charge is -1.88. The van der Waals surface area contributed by atoms with Crippen LogP contribution in [-0.2, 0) is 13.5 Å². The maximum atomic E-state index is 5.12. The summed E-state index contributed by atoms with van der Waals surface area (Å²) in [5, 5.41) is 4.17. The zero-order valence-electron chi connectivity index (χ0n) is 6.26. The molecule has 1 heterocycles. The number of terminal acetylenes is 1. The summed E-state index contributed by atoms with van der Waals surface area (Å²) in [4.78, 5) is 0. The standard InChI is InChI=1S/C8H10N2/c1-4-5-8-6-7(2)10(3)9-8/h1,6H,5H2,2-3H3. The zero-order valence-corrected chi connectivity index (χ0v) is 6.26. The molecule has 10 heavy (non-hydrogen) atoms. The first kappa shape index (κ1) is 6.88. The Labute approximate surface area is 60.9 Å². The van der Waals surface area contributed by atoms with Gasteiger partial charge in [0.1, 0.15) is 0 Å². The molecule has 0 saturated carbocycles. The third-order valence-electron chi connectivity index (χ3n) is 1.45. The molecule has 0 amide bonds. The van der Waals surface area contributed by atoms with Gasteiger partial charge >= 0.3 is 0 Å². The lowest BCUT2D eigenvalue weighted by molar-refractivity contribution is 0.728. The second-order valence-electron chi connectivity index (χ2n) is 2.28. The van der Waals surface area contributed by atoms with E-state index in [0.29, 0.717) is 6.42 Å². The Bertz CT molecular complexity index is 246. The molecule has 0 atom stereocenters. The highest BCUT2D eigenvalue weighted by Crippen LogP contribution is 2.00. The summed E-state index contributed by atoms with van der Waals surface area (Å²) in [6.45, 7) is 2.01. The van der Waals surface area contributed by atoms with E-state index in [4.69, 9.17) is 6.42 Å². The molecule has 0 unspecified atom stereocenters. The lowest BCUT2D eigenvalue weighted by atomic mass is 10.3. The summed E-state index contributed by atoms with van der Waals surface area (Å²) < 4.78 is 1.83. The van der Waals surface area contributed by atoms with Gasteiger partial charge in [0.05, 0.1) is 12.1 Å². The van der Waals surface area contributed by atoms with Gasteiger partial charge in [0.15, 0.2) is 0 Å². The van der Waals surface area contributed by atoms with Gasteiger partial charge in [0.2, 0.25) is 0 Å². The van der Waals surface area contributed by atoms with Crippen LogP contribution in [0.25, 0.3) is 0 Å². The quantitative estimate of drug-likeness (QED) is 0.522. The van der Waals surface area contributed by atoms with Crippen molar-refractivity contribution in [1.29, 1.82) is 0 Å². The first-order chi connectivity index (χ1) is 4.74. The molecular formula is C8H10N2. The van der Waals surface area contributed by atoms with Gasteiger partial charge in [-0.2, -0.15) is 5.10 Å². The molecule has 0 aromatic carbocycles. The Balaban J connectivity index is 2.90. The van der Waals surface area contributed by atoms with E-state index in [2.05, 4.69) is 11.0 Å². The average molecular weight is 134 g/mol. The highest BCUT2D eigenvalue weighted by molar-refractivity contribution is 5.13. The number of nitrogens with zero attached hydrogens (tertiary/aromatic N) is 2. The maximum absolute atomic E-state index is 5.12. The number of aromatic nitrogens is 2. The monoisotopic (exact) mass is 134 g/mol. The van der Waals surface area contributed by atoms with Crippen molar-refractivity contribution in [1.82, 2.24) is 9.78 Å². The van der Waals surface area contributed by atoms with Crippen LogP contribution in [0.2, 0.25) is 0 Å². The third-order valence-corrected chi connectivity index (χ3v) is 1.45. The lowest BCUT2D eigenvalue weighted by Crippen LogP contribution is -1.93. The topological polar surface area (TPSA) is 17.8 Å². The van der Waals surface area contributed by atoms with Crippen LogP contribution in [-0.4, -0.2) is 9.78 Å². The van der Waals surface area contributed by atoms with Crippen molar-refractivity contribution in [2.45, 2.75) is 13.3 Å². The van der Waals surface area contributed by atoms with Crippen LogP contribution in [0, 0.1) is 19.3 Å². The Morgan fingerprint density at radius 1 is 1.80 bits per heavy atom. The summed E-state index contributed by atoms with van der Waals surface area (Å²) >= 11 is 0. The first-order valence-corrected chi connectivity index (χ1v) is 3.17. The fraction of sp³-hybridized carbons (Fsp3) is 0.375. The highest BCUT2D eigenvalue weighted by atomic mass is 15.3. The SMILES string of the molecule is C#CCc1cc(C)n(C)n1. The number of rotatable bonds is 1. The number of hydrogen-bond donors (Lipinski definition) is 0. The summed E-state index contributed by atoms with van der Waals surface area (Å²) in [7, 11) is 1.91. The molecule has 0 aliphatic carbocycles. The van der Waals surface area contributed by atoms with E-state index in [1.54, 1.807) is 0 Å². The molecule has 0 aliphatic heterocycles. The van der Waals surface area contributed by atoms with Gasteiger partial charge in [-0.25, -0.2) is 0 Å². The molecular weight excluding hydrogens is 124 g/mol. The van der Waals surface area contributed by atoms with Crippen LogP contribution < -0.4 is 0 Å². The smallest absolute Gasteiger partial charge is 0.0746 e. The van der Waals surface area contributed by atoms with Gasteiger partial charge in [-0.15, -0.1) is 12.3 Å². The van der Waals surface area contributed by atoms with Crippen LogP contribution >= 0.6 is 0 Å². The van der Waals surface area contributed by atoms with Gasteiger partial charge in [-0.3, -0.25) is 4.68 Å². The van der Waals surface area contributed by atoms with Crippen molar-refractivity contribution in [3.63, 3.8) is 0 Å². The molecule has 0 aliphatic rings. The fourth-order valence-electron chi connectivity index (χ4n) is 0.826. The zero-order chi connectivity index (χ0) is 7.56. The van der Waals surface area contributed by atoms with Gasteiger partial charge in [-0.1, -0.05) is 0 Å². The average Bonchev–Trinajstić information content (AvgIpc) is 2.14. The van der Waals surface area contributed by atoms with E-state index < -0.39 is 0 Å². The van der Waals surface area contributed by atoms with Gasteiger partial charge in [0.25, 0.3) is 0 Å². The third kappa shape index (κ3) is 1.19. The van der Waals surface area contributed by atoms with E-state index in [9.17, 15) is 0 Å². The summed E-state index contributed by atoms with van der Waals surface area (Å²) in [5.41, 5.74) is 2.12. The van der Waals surface area contributed by atoms with Crippen LogP contribution in [0.3, 0.4) is 0 Å². The second kappa shape index (κ2) is 2.57. The summed E-state index contributed by atoms with van der Waals surface area (Å²) in [5.74, 6) is 2.55. The minimum atomic E-state index is 0.627. The van der Waals surface area contributed by atoms with Crippen molar-refractivity contribution in [3.05, 3.63) is 17.5 Å². The van der Waals surface area contributed by atoms with Crippen molar-refractivity contribution in [2.24, 2.45) is 7.05 Å². The Kier molecular flexibility index (Phi) is 1.77. The van der Waals surface area contributed by atoms with Crippen molar-refractivity contribution in [2.75, 3.05) is 0 Å². The molecule has 1 aromatic rings. The van der Waals surface area contributed by atoms with E-state index in [-0.39, 0.29) is 0 Å². The Morgan fingerprint density at radius 2 is 2.50 bits per heavy atom. The fourth-order valence-corrected chi connectivity index (χ4v) is 0.826. The van der Waals surface area contributed by atoms with Crippen LogP contribution in [0.1, 0.15) is 11.4 Å². The number of hydrogen-bond acceptors (Lipinski definition) is 1. The second-order valence-corrected chi connectivity index (χ2v) is 2.28. The molecule has 1 aromatic heterocycles. The maximum Gasteiger partial charge on any atom is 0.0746 e. The molecule has 0 radical (unpaired) electrons. The van der Waals surface area contributed by atoms with Gasteiger partial charge in [0, 0.05) is 12.7 Å². The van der Waals surface area contributed by atoms with Crippen LogP contribution in [0.5, 0.6) is 0 Å². The molecule has 2 heteroatoms. The van der Waals surface area contributed by atoms with Crippen molar-refractivity contribution < 1.29 is 0 Å². The largest absolute Gasteiger partial charge is 0.273 e. The first-order valence-electron chi connectivity index (χ1n) is 3.17. The minimum Gasteiger partial charge on any atom is -0.273 e. The number of aryl methyl sites for hydroxylation is 2. The van der Waals surface area contributed by atoms with E-state index >= 15 is 0 Å². The summed E-state index contributed by atoms with van der Waals surface area (Å²) in [6.07, 6.45) is 5.75. The molecule has 52 valence electrons. The van der Waals surface area contributed by atoms with E-state index in [0.717, 1.165) is 11.4 Å². The van der Waals surface area contributed by atoms with E-state index in [1.807, 2.05) is 24.7 Å². The molecule has 0 fully saturated rings. The predicted octanol–water partition coefficient (Wildman–Crippen LogP) is 0.904. The van der Waals surface area contributed by atoms with Crippen LogP contribution in [0.4, 0.5) is 0 Å². The van der Waals surface area contributed by atoms with E-state index in [1.165, 1.54) is 0 Å². The Morgan fingerprint density at radius 3 is 2.90 bits per heavy atom. The molecule has 0 saturated heterocycles. The molecule has 0 bridgehead atoms. The van der Waals surface area contributed by atoms with Gasteiger partial charge < -0.3 is 0 Å². The van der Waals surface area contributed by atoms with Gasteiger partial charge in [-0.05, 0) is 13.0 Å². The predicted molar refractivity (Wildman–Crippen MR) is 40.5 cm³/mol. The molecule has 2 nitrogen and oxygen atoms in total. The van der Waals surface area contributed by atoms with Crippen LogP contribution in [0.15, 0.2) is 6.07 Å². The Hall–Kier alpha value is -1.23. The molecule has 1 rings (SSSR count). The van der Waals surface area contributed by atoms with Crippen molar-refractivity contribution >= 4 is 0 Å². The summed E-state index contributed by atoms with van der Waals surface area (Å²) in [6, 6.07) is 2.00. The minimum absolute atomic E-state index is 0.627. The molecule has 0 N–H and O–H groups in total. The van der Waals surface area contributed by atoms with Crippen molar-refractivity contribution in [3.8, 4) is 12.3 Å².